The molecule has 0 bridgehead atoms. The lowest BCUT2D eigenvalue weighted by Crippen LogP contribution is -2.34. The van der Waals surface area contributed by atoms with E-state index in [4.69, 9.17) is 24.8 Å². The number of aliphatic carboxylic acids is 1. The number of hydrogen-bond donors (Lipinski definition) is 4. The van der Waals surface area contributed by atoms with Crippen LogP contribution in [0.1, 0.15) is 149 Å². The smallest absolute Gasteiger partial charge is 0.472 e. The largest absolute Gasteiger partial charge is 0.480 e. The van der Waals surface area contributed by atoms with E-state index in [0.717, 1.165) is 64.2 Å². The average molecular weight is 824 g/mol. The van der Waals surface area contributed by atoms with Gasteiger partial charge in [0.15, 0.2) is 6.10 Å². The number of carboxylic acid groups (broad SMARTS) is 1. The van der Waals surface area contributed by atoms with Gasteiger partial charge in [0.1, 0.15) is 12.6 Å². The summed E-state index contributed by atoms with van der Waals surface area (Å²) in [5, 5.41) is 19.2. The van der Waals surface area contributed by atoms with Gasteiger partial charge in [-0.2, -0.15) is 0 Å². The molecule has 5 N–H and O–H groups in total. The van der Waals surface area contributed by atoms with Gasteiger partial charge < -0.3 is 30.3 Å². The first kappa shape index (κ1) is 53.9. The van der Waals surface area contributed by atoms with Gasteiger partial charge in [0.25, 0.3) is 0 Å². The summed E-state index contributed by atoms with van der Waals surface area (Å²) in [6.07, 6.45) is 41.4. The molecule has 13 heteroatoms. The molecule has 0 aromatic carbocycles. The molecule has 326 valence electrons. The molecule has 0 saturated heterocycles. The van der Waals surface area contributed by atoms with E-state index < -0.39 is 63.8 Å². The molecular weight excluding hydrogens is 749 g/mol. The quantitative estimate of drug-likeness (QED) is 0.0152. The van der Waals surface area contributed by atoms with Crippen LogP contribution in [0.15, 0.2) is 72.9 Å². The lowest BCUT2D eigenvalue weighted by atomic mass is 10.1. The van der Waals surface area contributed by atoms with Gasteiger partial charge in [0.2, 0.25) is 0 Å². The van der Waals surface area contributed by atoms with E-state index >= 15 is 0 Å². The van der Waals surface area contributed by atoms with Gasteiger partial charge in [-0.05, 0) is 70.6 Å². The topological polar surface area (TPSA) is 192 Å². The van der Waals surface area contributed by atoms with Crippen LogP contribution >= 0.6 is 7.82 Å². The van der Waals surface area contributed by atoms with Crippen LogP contribution in [0, 0.1) is 0 Å². The number of rotatable bonds is 38. The van der Waals surface area contributed by atoms with Crippen LogP contribution in [-0.4, -0.2) is 71.1 Å². The van der Waals surface area contributed by atoms with Crippen molar-refractivity contribution < 1.29 is 52.6 Å². The fraction of sp³-hybridized carbons (Fsp3) is 0.659. The van der Waals surface area contributed by atoms with E-state index in [0.29, 0.717) is 6.42 Å². The summed E-state index contributed by atoms with van der Waals surface area (Å²) in [5.41, 5.74) is 5.31. The maximum absolute atomic E-state index is 12.6. The first-order valence-corrected chi connectivity index (χ1v) is 22.6. The van der Waals surface area contributed by atoms with Gasteiger partial charge in [-0.15, -0.1) is 0 Å². The molecule has 0 aliphatic carbocycles. The van der Waals surface area contributed by atoms with E-state index in [-0.39, 0.29) is 25.7 Å². The van der Waals surface area contributed by atoms with Crippen LogP contribution < -0.4 is 5.73 Å². The predicted octanol–water partition coefficient (Wildman–Crippen LogP) is 9.92. The number of carbonyl (C=O) groups is 3. The molecule has 57 heavy (non-hydrogen) atoms. The zero-order valence-electron chi connectivity index (χ0n) is 34.8. The van der Waals surface area contributed by atoms with Crippen molar-refractivity contribution >= 4 is 25.7 Å². The Hall–Kier alpha value is -3.12. The summed E-state index contributed by atoms with van der Waals surface area (Å²) in [6, 6.07) is -1.56. The van der Waals surface area contributed by atoms with E-state index in [1.54, 1.807) is 12.2 Å². The number of phosphoric acid groups is 1. The monoisotopic (exact) mass is 823 g/mol. The molecule has 0 aromatic rings. The summed E-state index contributed by atoms with van der Waals surface area (Å²) < 4.78 is 32.5. The molecule has 0 aliphatic rings. The maximum atomic E-state index is 12.6. The van der Waals surface area contributed by atoms with Crippen molar-refractivity contribution in [2.24, 2.45) is 5.73 Å². The van der Waals surface area contributed by atoms with E-state index in [1.165, 1.54) is 38.5 Å². The van der Waals surface area contributed by atoms with Gasteiger partial charge in [-0.1, -0.05) is 138 Å². The molecule has 0 fully saturated rings. The highest BCUT2D eigenvalue weighted by Crippen LogP contribution is 2.43. The molecule has 0 saturated carbocycles. The third-order valence-electron chi connectivity index (χ3n) is 8.54. The summed E-state index contributed by atoms with van der Waals surface area (Å²) in [4.78, 5) is 45.9. The molecule has 0 spiro atoms. The van der Waals surface area contributed by atoms with Crippen LogP contribution in [0.3, 0.4) is 0 Å². The molecule has 4 atom stereocenters. The van der Waals surface area contributed by atoms with Crippen molar-refractivity contribution in [2.45, 2.75) is 167 Å². The van der Waals surface area contributed by atoms with Crippen LogP contribution in [-0.2, 0) is 37.5 Å². The second kappa shape index (κ2) is 38.4. The number of nitrogens with two attached hydrogens (primary N) is 1. The molecule has 0 aromatic heterocycles. The molecule has 0 radical (unpaired) electrons. The zero-order valence-corrected chi connectivity index (χ0v) is 35.7. The molecular formula is C44H74NO11P. The molecule has 0 amide bonds. The SMILES string of the molecule is CC/C=C\C/C=C\C/C=C\C/C=C\C=C\C(O)CCCC(=O)OC(COC(=O)CCCCCCC/C=C\CCCCCCCC)COP(=O)(O)OCC(N)C(=O)O. The Balaban J connectivity index is 4.62. The third-order valence-corrected chi connectivity index (χ3v) is 9.49. The fourth-order valence-electron chi connectivity index (χ4n) is 5.20. The second-order valence-corrected chi connectivity index (χ2v) is 15.4. The van der Waals surface area contributed by atoms with E-state index in [9.17, 15) is 28.9 Å². The van der Waals surface area contributed by atoms with Crippen molar-refractivity contribution in [1.29, 1.82) is 0 Å². The zero-order chi connectivity index (χ0) is 42.2. The van der Waals surface area contributed by atoms with Crippen LogP contribution in [0.5, 0.6) is 0 Å². The van der Waals surface area contributed by atoms with Crippen LogP contribution in [0.25, 0.3) is 0 Å². The lowest BCUT2D eigenvalue weighted by Gasteiger charge is -2.20. The third kappa shape index (κ3) is 38.2. The number of ether oxygens (including phenoxy) is 2. The number of hydrogen-bond acceptors (Lipinski definition) is 10. The molecule has 0 rings (SSSR count). The van der Waals surface area contributed by atoms with Gasteiger partial charge in [0.05, 0.1) is 19.3 Å². The molecule has 12 nitrogen and oxygen atoms in total. The normalized spacial score (nSPS) is 15.0. The summed E-state index contributed by atoms with van der Waals surface area (Å²) in [6.45, 7) is 2.46. The highest BCUT2D eigenvalue weighted by atomic mass is 31.2. The van der Waals surface area contributed by atoms with Crippen molar-refractivity contribution in [3.63, 3.8) is 0 Å². The molecule has 4 unspecified atom stereocenters. The van der Waals surface area contributed by atoms with Gasteiger partial charge >= 0.3 is 25.7 Å². The van der Waals surface area contributed by atoms with Crippen molar-refractivity contribution in [3.05, 3.63) is 72.9 Å². The number of aliphatic hydroxyl groups is 1. The first-order chi connectivity index (χ1) is 27.5. The van der Waals surface area contributed by atoms with E-state index in [2.05, 4.69) is 67.0 Å². The Kier molecular flexibility index (Phi) is 36.3. The Labute approximate surface area is 343 Å². The molecule has 0 heterocycles. The number of esters is 2. The Morgan fingerprint density at radius 2 is 1.19 bits per heavy atom. The van der Waals surface area contributed by atoms with Gasteiger partial charge in [-0.3, -0.25) is 23.4 Å². The minimum Gasteiger partial charge on any atom is -0.480 e. The maximum Gasteiger partial charge on any atom is 0.472 e. The van der Waals surface area contributed by atoms with E-state index in [1.807, 2.05) is 12.2 Å². The number of carboxylic acids is 1. The number of carbonyl (C=O) groups excluding carboxylic acids is 2. The highest BCUT2D eigenvalue weighted by Gasteiger charge is 2.28. The highest BCUT2D eigenvalue weighted by molar-refractivity contribution is 7.47. The Bertz CT molecular complexity index is 1260. The number of unbranched alkanes of at least 4 members (excludes halogenated alkanes) is 11. The minimum atomic E-state index is -4.77. The molecule has 0 aliphatic heterocycles. The average Bonchev–Trinajstić information content (AvgIpc) is 3.18. The second-order valence-electron chi connectivity index (χ2n) is 13.9. The summed E-state index contributed by atoms with van der Waals surface area (Å²) in [7, 11) is -4.77. The van der Waals surface area contributed by atoms with Crippen molar-refractivity contribution in [3.8, 4) is 0 Å². The predicted molar refractivity (Wildman–Crippen MR) is 227 cm³/mol. The Morgan fingerprint density at radius 1 is 0.649 bits per heavy atom. The standard InChI is InChI=1S/C44H74NO11P/c1-3-5-7-9-11-13-15-17-18-20-22-24-26-28-30-34-42(47)53-36-40(37-54-57(51,52)55-38-41(45)44(49)50)56-43(48)35-31-33-39(46)32-29-27-25-23-21-19-16-14-12-10-8-6-4-2/h6,8,12,14,17-19,21,25,27,29,32,39-41,46H,3-5,7,9-11,13,15-16,20,22-24,26,28,30-31,33-38,45H2,1-2H3,(H,49,50)(H,51,52)/b8-6-,14-12-,18-17-,21-19-,27-25-,32-29+. The number of allylic oxidation sites excluding steroid dienone is 11. The van der Waals surface area contributed by atoms with Crippen LogP contribution in [0.4, 0.5) is 0 Å². The van der Waals surface area contributed by atoms with Crippen LogP contribution in [0.2, 0.25) is 0 Å². The van der Waals surface area contributed by atoms with Crippen molar-refractivity contribution in [1.82, 2.24) is 0 Å². The lowest BCUT2D eigenvalue weighted by molar-refractivity contribution is -0.161. The summed E-state index contributed by atoms with van der Waals surface area (Å²) >= 11 is 0. The minimum absolute atomic E-state index is 0.0744. The summed E-state index contributed by atoms with van der Waals surface area (Å²) in [5.74, 6) is -2.63. The van der Waals surface area contributed by atoms with Gasteiger partial charge in [0, 0.05) is 12.8 Å². The fourth-order valence-corrected chi connectivity index (χ4v) is 5.98. The Morgan fingerprint density at radius 3 is 1.81 bits per heavy atom. The first-order valence-electron chi connectivity index (χ1n) is 21.1. The number of phosphoric ester groups is 1. The van der Waals surface area contributed by atoms with Crippen molar-refractivity contribution in [2.75, 3.05) is 19.8 Å². The van der Waals surface area contributed by atoms with Gasteiger partial charge in [-0.25, -0.2) is 4.57 Å². The number of aliphatic hydroxyl groups excluding tert-OH is 1.